The third-order valence-corrected chi connectivity index (χ3v) is 3.72. The van der Waals surface area contributed by atoms with E-state index >= 15 is 0 Å². The summed E-state index contributed by atoms with van der Waals surface area (Å²) in [5.41, 5.74) is 2.45. The number of pyridine rings is 1. The Kier molecular flexibility index (Phi) is 3.50. The molecule has 1 aliphatic carbocycles. The number of rotatable bonds is 3. The highest BCUT2D eigenvalue weighted by Crippen LogP contribution is 2.24. The van der Waals surface area contributed by atoms with Crippen LogP contribution in [0.25, 0.3) is 0 Å². The highest BCUT2D eigenvalue weighted by molar-refractivity contribution is 5.94. The topological polar surface area (TPSA) is 68.0 Å². The molecule has 3 rings (SSSR count). The Morgan fingerprint density at radius 2 is 2.05 bits per heavy atom. The van der Waals surface area contributed by atoms with Crippen molar-refractivity contribution in [3.63, 3.8) is 0 Å². The minimum Gasteiger partial charge on any atom is -0.360 e. The SMILES string of the molecule is CC(NC(=O)c1noc2c1CCCC2)c1ccncc1. The maximum absolute atomic E-state index is 12.3. The smallest absolute Gasteiger partial charge is 0.274 e. The van der Waals surface area contributed by atoms with Crippen molar-refractivity contribution >= 4 is 5.91 Å². The lowest BCUT2D eigenvalue weighted by molar-refractivity contribution is 0.0930. The van der Waals surface area contributed by atoms with Crippen molar-refractivity contribution < 1.29 is 9.32 Å². The summed E-state index contributed by atoms with van der Waals surface area (Å²) in [6.07, 6.45) is 7.40. The van der Waals surface area contributed by atoms with Gasteiger partial charge in [-0.25, -0.2) is 0 Å². The van der Waals surface area contributed by atoms with Crippen LogP contribution in [-0.4, -0.2) is 16.0 Å². The van der Waals surface area contributed by atoms with E-state index in [0.717, 1.165) is 42.6 Å². The van der Waals surface area contributed by atoms with Crippen molar-refractivity contribution in [3.05, 3.63) is 47.1 Å². The van der Waals surface area contributed by atoms with Crippen LogP contribution in [0.4, 0.5) is 0 Å². The van der Waals surface area contributed by atoms with Crippen molar-refractivity contribution in [2.24, 2.45) is 0 Å². The number of carbonyl (C=O) groups is 1. The fourth-order valence-electron chi connectivity index (χ4n) is 2.56. The second-order valence-electron chi connectivity index (χ2n) is 5.12. The summed E-state index contributed by atoms with van der Waals surface area (Å²) >= 11 is 0. The Hall–Kier alpha value is -2.17. The molecule has 0 fully saturated rings. The molecule has 0 aliphatic heterocycles. The fraction of sp³-hybridized carbons (Fsp3) is 0.400. The van der Waals surface area contributed by atoms with E-state index in [1.165, 1.54) is 0 Å². The van der Waals surface area contributed by atoms with Gasteiger partial charge in [0.25, 0.3) is 5.91 Å². The lowest BCUT2D eigenvalue weighted by atomic mass is 9.96. The second kappa shape index (κ2) is 5.45. The Labute approximate surface area is 117 Å². The van der Waals surface area contributed by atoms with Crippen LogP contribution in [0.3, 0.4) is 0 Å². The lowest BCUT2D eigenvalue weighted by Crippen LogP contribution is -2.28. The summed E-state index contributed by atoms with van der Waals surface area (Å²) in [4.78, 5) is 16.3. The van der Waals surface area contributed by atoms with Crippen LogP contribution in [0.5, 0.6) is 0 Å². The first-order valence-electron chi connectivity index (χ1n) is 6.94. The van der Waals surface area contributed by atoms with Crippen LogP contribution in [0, 0.1) is 0 Å². The predicted octanol–water partition coefficient (Wildman–Crippen LogP) is 2.44. The number of carbonyl (C=O) groups excluding carboxylic acids is 1. The standard InChI is InChI=1S/C15H17N3O2/c1-10(11-6-8-16-9-7-11)17-15(19)14-12-4-2-3-5-13(12)20-18-14/h6-10H,2-5H2,1H3,(H,17,19). The van der Waals surface area contributed by atoms with Crippen molar-refractivity contribution in [1.29, 1.82) is 0 Å². The molecule has 0 bridgehead atoms. The molecule has 0 radical (unpaired) electrons. The number of nitrogens with one attached hydrogen (secondary N) is 1. The third-order valence-electron chi connectivity index (χ3n) is 3.72. The van der Waals surface area contributed by atoms with Crippen LogP contribution in [0.15, 0.2) is 29.0 Å². The van der Waals surface area contributed by atoms with Crippen molar-refractivity contribution in [1.82, 2.24) is 15.5 Å². The number of hydrogen-bond donors (Lipinski definition) is 1. The maximum atomic E-state index is 12.3. The average Bonchev–Trinajstić information content (AvgIpc) is 2.92. The quantitative estimate of drug-likeness (QED) is 0.931. The predicted molar refractivity (Wildman–Crippen MR) is 73.3 cm³/mol. The highest BCUT2D eigenvalue weighted by Gasteiger charge is 2.24. The molecule has 0 saturated carbocycles. The van der Waals surface area contributed by atoms with E-state index in [9.17, 15) is 4.79 Å². The average molecular weight is 271 g/mol. The summed E-state index contributed by atoms with van der Waals surface area (Å²) in [6.45, 7) is 1.94. The Balaban J connectivity index is 1.75. The number of fused-ring (bicyclic) bond motifs is 1. The van der Waals surface area contributed by atoms with Crippen LogP contribution >= 0.6 is 0 Å². The van der Waals surface area contributed by atoms with E-state index in [2.05, 4.69) is 15.5 Å². The molecule has 1 unspecified atom stereocenters. The monoisotopic (exact) mass is 271 g/mol. The normalized spacial score (nSPS) is 15.4. The van der Waals surface area contributed by atoms with Crippen molar-refractivity contribution in [3.8, 4) is 0 Å². The van der Waals surface area contributed by atoms with Crippen LogP contribution in [0.2, 0.25) is 0 Å². The highest BCUT2D eigenvalue weighted by atomic mass is 16.5. The molecule has 2 heterocycles. The molecule has 1 atom stereocenters. The first kappa shape index (κ1) is 12.8. The summed E-state index contributed by atoms with van der Waals surface area (Å²) in [7, 11) is 0. The number of hydrogen-bond acceptors (Lipinski definition) is 4. The number of nitrogens with zero attached hydrogens (tertiary/aromatic N) is 2. The third kappa shape index (κ3) is 2.43. The van der Waals surface area contributed by atoms with Gasteiger partial charge in [0.1, 0.15) is 5.76 Å². The largest absolute Gasteiger partial charge is 0.360 e. The van der Waals surface area contributed by atoms with Gasteiger partial charge < -0.3 is 9.84 Å². The molecule has 0 saturated heterocycles. The van der Waals surface area contributed by atoms with Gasteiger partial charge in [-0.15, -0.1) is 0 Å². The molecule has 5 nitrogen and oxygen atoms in total. The molecule has 104 valence electrons. The van der Waals surface area contributed by atoms with E-state index in [1.807, 2.05) is 19.1 Å². The van der Waals surface area contributed by atoms with E-state index in [4.69, 9.17) is 4.52 Å². The molecular weight excluding hydrogens is 254 g/mol. The lowest BCUT2D eigenvalue weighted by Gasteiger charge is -2.14. The first-order chi connectivity index (χ1) is 9.75. The minimum atomic E-state index is -0.166. The van der Waals surface area contributed by atoms with Gasteiger partial charge in [-0.3, -0.25) is 9.78 Å². The van der Waals surface area contributed by atoms with E-state index in [1.54, 1.807) is 12.4 Å². The van der Waals surface area contributed by atoms with Gasteiger partial charge >= 0.3 is 0 Å². The molecule has 0 spiro atoms. The first-order valence-corrected chi connectivity index (χ1v) is 6.94. The van der Waals surface area contributed by atoms with Crippen molar-refractivity contribution in [2.45, 2.75) is 38.6 Å². The minimum absolute atomic E-state index is 0.0820. The van der Waals surface area contributed by atoms with Gasteiger partial charge in [-0.1, -0.05) is 5.16 Å². The summed E-state index contributed by atoms with van der Waals surface area (Å²) in [5.74, 6) is 0.708. The van der Waals surface area contributed by atoms with Crippen molar-refractivity contribution in [2.75, 3.05) is 0 Å². The zero-order valence-electron chi connectivity index (χ0n) is 11.4. The van der Waals surface area contributed by atoms with Gasteiger partial charge in [0.2, 0.25) is 0 Å². The molecule has 1 N–H and O–H groups in total. The van der Waals surface area contributed by atoms with Gasteiger partial charge in [0.15, 0.2) is 5.69 Å². The Morgan fingerprint density at radius 1 is 1.30 bits per heavy atom. The molecule has 1 aliphatic rings. The summed E-state index contributed by atoms with van der Waals surface area (Å²) in [5, 5.41) is 6.90. The van der Waals surface area contributed by atoms with Crippen LogP contribution < -0.4 is 5.32 Å². The second-order valence-corrected chi connectivity index (χ2v) is 5.12. The van der Waals surface area contributed by atoms with E-state index < -0.39 is 0 Å². The Morgan fingerprint density at radius 3 is 2.85 bits per heavy atom. The number of aryl methyl sites for hydroxylation is 1. The number of amides is 1. The zero-order valence-corrected chi connectivity index (χ0v) is 11.4. The molecule has 2 aromatic rings. The van der Waals surface area contributed by atoms with Gasteiger partial charge in [-0.05, 0) is 43.9 Å². The van der Waals surface area contributed by atoms with Gasteiger partial charge in [0.05, 0.1) is 6.04 Å². The maximum Gasteiger partial charge on any atom is 0.274 e. The molecule has 1 amide bonds. The van der Waals surface area contributed by atoms with E-state index in [-0.39, 0.29) is 11.9 Å². The summed E-state index contributed by atoms with van der Waals surface area (Å²) in [6, 6.07) is 3.70. The summed E-state index contributed by atoms with van der Waals surface area (Å²) < 4.78 is 5.27. The molecule has 0 aromatic carbocycles. The zero-order chi connectivity index (χ0) is 13.9. The van der Waals surface area contributed by atoms with Crippen LogP contribution in [0.1, 0.15) is 53.2 Å². The molecule has 2 aromatic heterocycles. The Bertz CT molecular complexity index is 607. The van der Waals surface area contributed by atoms with Gasteiger partial charge in [0, 0.05) is 24.4 Å². The molecule has 20 heavy (non-hydrogen) atoms. The molecule has 5 heteroatoms. The fourth-order valence-corrected chi connectivity index (χ4v) is 2.56. The van der Waals surface area contributed by atoms with E-state index in [0.29, 0.717) is 5.69 Å². The van der Waals surface area contributed by atoms with Crippen LogP contribution in [-0.2, 0) is 12.8 Å². The number of aromatic nitrogens is 2. The van der Waals surface area contributed by atoms with Gasteiger partial charge in [-0.2, -0.15) is 0 Å². The molecular formula is C15H17N3O2.